The third kappa shape index (κ3) is 5.08. The number of rotatable bonds is 10. The minimum absolute atomic E-state index is 0.273. The van der Waals surface area contributed by atoms with Crippen LogP contribution in [0.25, 0.3) is 0 Å². The van der Waals surface area contributed by atoms with Gasteiger partial charge in [0.1, 0.15) is 16.5 Å². The molecular formula is C17H28ClNO2. The lowest BCUT2D eigenvalue weighted by atomic mass is 9.99. The van der Waals surface area contributed by atoms with Crippen LogP contribution in [0.5, 0.6) is 11.5 Å². The molecule has 3 nitrogen and oxygen atoms in total. The van der Waals surface area contributed by atoms with E-state index >= 15 is 0 Å². The van der Waals surface area contributed by atoms with Crippen molar-refractivity contribution in [2.75, 3.05) is 20.8 Å². The quantitative estimate of drug-likeness (QED) is 0.618. The van der Waals surface area contributed by atoms with Gasteiger partial charge in [-0.15, -0.1) is 0 Å². The van der Waals surface area contributed by atoms with Crippen LogP contribution in [-0.2, 0) is 0 Å². The zero-order valence-corrected chi connectivity index (χ0v) is 14.4. The van der Waals surface area contributed by atoms with E-state index in [0.29, 0.717) is 10.8 Å². The Hall–Kier alpha value is -0.930. The second-order valence-electron chi connectivity index (χ2n) is 5.21. The number of benzene rings is 1. The normalized spacial score (nSPS) is 12.2. The number of nitrogens with one attached hydrogen (secondary N) is 1. The fraction of sp³-hybridized carbons (Fsp3) is 0.647. The van der Waals surface area contributed by atoms with E-state index in [1.165, 1.54) is 19.3 Å². The van der Waals surface area contributed by atoms with Crippen LogP contribution in [-0.4, -0.2) is 20.8 Å². The first-order chi connectivity index (χ1) is 10.2. The molecule has 0 heterocycles. The largest absolute Gasteiger partial charge is 0.495 e. The lowest BCUT2D eigenvalue weighted by molar-refractivity contribution is 0.380. The Kier molecular flexibility index (Phi) is 8.55. The van der Waals surface area contributed by atoms with E-state index < -0.39 is 0 Å². The van der Waals surface area contributed by atoms with Gasteiger partial charge >= 0.3 is 0 Å². The third-order valence-corrected chi connectivity index (χ3v) is 3.99. The summed E-state index contributed by atoms with van der Waals surface area (Å²) >= 11 is 6.38. The molecule has 0 bridgehead atoms. The summed E-state index contributed by atoms with van der Waals surface area (Å²) in [7, 11) is 3.28. The number of methoxy groups -OCH3 is 2. The van der Waals surface area contributed by atoms with Crippen molar-refractivity contribution in [2.45, 2.75) is 52.0 Å². The first-order valence-corrected chi connectivity index (χ1v) is 8.21. The highest BCUT2D eigenvalue weighted by Gasteiger charge is 2.20. The van der Waals surface area contributed by atoms with Crippen molar-refractivity contribution in [1.82, 2.24) is 5.32 Å². The summed E-state index contributed by atoms with van der Waals surface area (Å²) in [5.41, 5.74) is 1.12. The predicted molar refractivity (Wildman–Crippen MR) is 89.7 cm³/mol. The molecular weight excluding hydrogens is 286 g/mol. The van der Waals surface area contributed by atoms with Gasteiger partial charge in [0.25, 0.3) is 0 Å². The average Bonchev–Trinajstić information content (AvgIpc) is 2.50. The highest BCUT2D eigenvalue weighted by Crippen LogP contribution is 2.40. The van der Waals surface area contributed by atoms with Crippen LogP contribution in [0.15, 0.2) is 12.1 Å². The molecule has 1 atom stereocenters. The molecule has 1 N–H and O–H groups in total. The lowest BCUT2D eigenvalue weighted by Gasteiger charge is -2.22. The summed E-state index contributed by atoms with van der Waals surface area (Å²) in [5.74, 6) is 1.38. The molecule has 0 saturated heterocycles. The van der Waals surface area contributed by atoms with Gasteiger partial charge in [-0.25, -0.2) is 0 Å². The van der Waals surface area contributed by atoms with E-state index in [4.69, 9.17) is 21.1 Å². The first-order valence-electron chi connectivity index (χ1n) is 7.83. The van der Waals surface area contributed by atoms with Gasteiger partial charge in [0.15, 0.2) is 0 Å². The highest BCUT2D eigenvalue weighted by molar-refractivity contribution is 6.33. The fourth-order valence-electron chi connectivity index (χ4n) is 2.48. The monoisotopic (exact) mass is 313 g/mol. The Bertz CT molecular complexity index is 423. The molecule has 0 saturated carbocycles. The van der Waals surface area contributed by atoms with Crippen LogP contribution < -0.4 is 14.8 Å². The number of hydrogen-bond acceptors (Lipinski definition) is 3. The Balaban J connectivity index is 3.01. The summed E-state index contributed by atoms with van der Waals surface area (Å²) in [4.78, 5) is 0. The van der Waals surface area contributed by atoms with E-state index in [-0.39, 0.29) is 6.04 Å². The smallest absolute Gasteiger partial charge is 0.146 e. The van der Waals surface area contributed by atoms with Gasteiger partial charge in [-0.3, -0.25) is 0 Å². The van der Waals surface area contributed by atoms with Gasteiger partial charge in [-0.05, 0) is 31.5 Å². The Morgan fingerprint density at radius 3 is 2.43 bits per heavy atom. The van der Waals surface area contributed by atoms with E-state index in [9.17, 15) is 0 Å². The molecule has 120 valence electrons. The van der Waals surface area contributed by atoms with Crippen molar-refractivity contribution in [3.8, 4) is 11.5 Å². The lowest BCUT2D eigenvalue weighted by Crippen LogP contribution is -2.22. The zero-order chi connectivity index (χ0) is 15.7. The molecule has 0 radical (unpaired) electrons. The second kappa shape index (κ2) is 9.91. The van der Waals surface area contributed by atoms with Crippen LogP contribution in [0.1, 0.15) is 57.6 Å². The van der Waals surface area contributed by atoms with Crippen LogP contribution >= 0.6 is 11.6 Å². The van der Waals surface area contributed by atoms with Crippen molar-refractivity contribution < 1.29 is 9.47 Å². The summed E-state index contributed by atoms with van der Waals surface area (Å²) in [6.45, 7) is 5.39. The summed E-state index contributed by atoms with van der Waals surface area (Å²) in [6.07, 6.45) is 5.87. The van der Waals surface area contributed by atoms with Crippen LogP contribution in [0, 0.1) is 0 Å². The van der Waals surface area contributed by atoms with E-state index in [0.717, 1.165) is 30.7 Å². The van der Waals surface area contributed by atoms with E-state index in [1.54, 1.807) is 14.2 Å². The van der Waals surface area contributed by atoms with Crippen molar-refractivity contribution >= 4 is 11.6 Å². The predicted octanol–water partition coefficient (Wildman–Crippen LogP) is 4.98. The van der Waals surface area contributed by atoms with Crippen LogP contribution in [0.3, 0.4) is 0 Å². The van der Waals surface area contributed by atoms with E-state index in [1.807, 2.05) is 6.07 Å². The highest BCUT2D eigenvalue weighted by atomic mass is 35.5. The van der Waals surface area contributed by atoms with Crippen molar-refractivity contribution in [3.63, 3.8) is 0 Å². The maximum atomic E-state index is 6.38. The number of ether oxygens (including phenoxy) is 2. The van der Waals surface area contributed by atoms with Crippen LogP contribution in [0.2, 0.25) is 5.02 Å². The molecule has 4 heteroatoms. The van der Waals surface area contributed by atoms with Crippen molar-refractivity contribution in [3.05, 3.63) is 22.7 Å². The van der Waals surface area contributed by atoms with Gasteiger partial charge < -0.3 is 14.8 Å². The molecule has 0 aliphatic rings. The molecule has 0 aromatic heterocycles. The molecule has 21 heavy (non-hydrogen) atoms. The van der Waals surface area contributed by atoms with Gasteiger partial charge in [-0.1, -0.05) is 44.7 Å². The SMILES string of the molecule is CCCCCC(NCCC)c1ccc(OC)c(Cl)c1OC. The minimum atomic E-state index is 0.273. The summed E-state index contributed by atoms with van der Waals surface area (Å²) in [5, 5.41) is 4.16. The molecule has 0 spiro atoms. The standard InChI is InChI=1S/C17H28ClNO2/c1-5-7-8-9-14(19-12-6-2)13-10-11-15(20-3)16(18)17(13)21-4/h10-11,14,19H,5-9,12H2,1-4H3. The maximum Gasteiger partial charge on any atom is 0.146 e. The number of hydrogen-bond donors (Lipinski definition) is 1. The molecule has 0 fully saturated rings. The minimum Gasteiger partial charge on any atom is -0.495 e. The van der Waals surface area contributed by atoms with Crippen molar-refractivity contribution in [2.24, 2.45) is 0 Å². The Morgan fingerprint density at radius 1 is 1.10 bits per heavy atom. The molecule has 0 aliphatic carbocycles. The van der Waals surface area contributed by atoms with Crippen molar-refractivity contribution in [1.29, 1.82) is 0 Å². The second-order valence-corrected chi connectivity index (χ2v) is 5.58. The van der Waals surface area contributed by atoms with Gasteiger partial charge in [0.05, 0.1) is 14.2 Å². The molecule has 0 amide bonds. The van der Waals surface area contributed by atoms with Gasteiger partial charge in [-0.2, -0.15) is 0 Å². The third-order valence-electron chi connectivity index (χ3n) is 3.63. The van der Waals surface area contributed by atoms with Gasteiger partial charge in [0, 0.05) is 11.6 Å². The Morgan fingerprint density at radius 2 is 1.86 bits per heavy atom. The van der Waals surface area contributed by atoms with E-state index in [2.05, 4.69) is 25.2 Å². The fourth-order valence-corrected chi connectivity index (χ4v) is 2.80. The Labute approximate surface area is 134 Å². The van der Waals surface area contributed by atoms with Gasteiger partial charge in [0.2, 0.25) is 0 Å². The molecule has 0 aliphatic heterocycles. The topological polar surface area (TPSA) is 30.5 Å². The molecule has 1 rings (SSSR count). The van der Waals surface area contributed by atoms with Crippen LogP contribution in [0.4, 0.5) is 0 Å². The summed E-state index contributed by atoms with van der Waals surface area (Å²) < 4.78 is 10.8. The maximum absolute atomic E-state index is 6.38. The summed E-state index contributed by atoms with van der Waals surface area (Å²) in [6, 6.07) is 4.25. The molecule has 1 aromatic carbocycles. The number of unbranched alkanes of at least 4 members (excludes halogenated alkanes) is 2. The molecule has 1 aromatic rings. The number of halogens is 1. The zero-order valence-electron chi connectivity index (χ0n) is 13.7. The molecule has 1 unspecified atom stereocenters. The average molecular weight is 314 g/mol. The first kappa shape index (κ1) is 18.1.